The summed E-state index contributed by atoms with van der Waals surface area (Å²) in [5.41, 5.74) is 0. The molecular weight excluding hydrogens is 156 g/mol. The second kappa shape index (κ2) is 4.22. The Kier molecular flexibility index (Phi) is 3.50. The first kappa shape index (κ1) is 7.47. The van der Waals surface area contributed by atoms with Gasteiger partial charge in [0.15, 0.2) is 4.77 Å². The predicted octanol–water partition coefficient (Wildman–Crippen LogP) is 1.23. The molecule has 0 amide bonds. The maximum atomic E-state index is 8.36. The molecule has 9 heavy (non-hydrogen) atoms. The van der Waals surface area contributed by atoms with E-state index in [9.17, 15) is 0 Å². The predicted molar refractivity (Wildman–Crippen MR) is 41.1 cm³/mol. The summed E-state index contributed by atoms with van der Waals surface area (Å²) in [6, 6.07) is 0. The van der Waals surface area contributed by atoms with Crippen molar-refractivity contribution < 1.29 is 9.84 Å². The SMILES string of the molecule is OCCOC1SC=CS1. The summed E-state index contributed by atoms with van der Waals surface area (Å²) in [6.07, 6.45) is 0. The van der Waals surface area contributed by atoms with Crippen LogP contribution in [0.25, 0.3) is 0 Å². The molecule has 2 nitrogen and oxygen atoms in total. The average Bonchev–Trinajstić information content (AvgIpc) is 2.34. The van der Waals surface area contributed by atoms with Crippen molar-refractivity contribution in [2.75, 3.05) is 13.2 Å². The zero-order valence-electron chi connectivity index (χ0n) is 4.82. The number of hydrogen-bond acceptors (Lipinski definition) is 4. The van der Waals surface area contributed by atoms with E-state index in [2.05, 4.69) is 0 Å². The Labute approximate surface area is 62.7 Å². The zero-order chi connectivity index (χ0) is 6.53. The fourth-order valence-corrected chi connectivity index (χ4v) is 2.21. The third-order valence-electron chi connectivity index (χ3n) is 0.780. The van der Waals surface area contributed by atoms with Crippen LogP contribution in [0.1, 0.15) is 0 Å². The van der Waals surface area contributed by atoms with Gasteiger partial charge in [-0.15, -0.1) is 0 Å². The summed E-state index contributed by atoms with van der Waals surface area (Å²) in [7, 11) is 0. The molecule has 1 rings (SSSR count). The highest BCUT2D eigenvalue weighted by molar-refractivity contribution is 8.22. The monoisotopic (exact) mass is 164 g/mol. The summed E-state index contributed by atoms with van der Waals surface area (Å²) in [4.78, 5) is 0. The molecule has 0 atom stereocenters. The van der Waals surface area contributed by atoms with Gasteiger partial charge in [0, 0.05) is 0 Å². The van der Waals surface area contributed by atoms with Gasteiger partial charge in [0.1, 0.15) is 0 Å². The lowest BCUT2D eigenvalue weighted by Crippen LogP contribution is -2.04. The van der Waals surface area contributed by atoms with Crippen LogP contribution in [0, 0.1) is 0 Å². The zero-order valence-corrected chi connectivity index (χ0v) is 6.45. The first-order chi connectivity index (χ1) is 4.43. The summed E-state index contributed by atoms with van der Waals surface area (Å²) in [5, 5.41) is 12.3. The van der Waals surface area contributed by atoms with Gasteiger partial charge in [-0.3, -0.25) is 0 Å². The molecule has 0 saturated carbocycles. The van der Waals surface area contributed by atoms with Crippen molar-refractivity contribution in [3.63, 3.8) is 0 Å². The van der Waals surface area contributed by atoms with Crippen LogP contribution in [0.3, 0.4) is 0 Å². The van der Waals surface area contributed by atoms with Gasteiger partial charge in [0.05, 0.1) is 13.2 Å². The highest BCUT2D eigenvalue weighted by atomic mass is 32.2. The highest BCUT2D eigenvalue weighted by Crippen LogP contribution is 2.33. The van der Waals surface area contributed by atoms with E-state index in [-0.39, 0.29) is 11.4 Å². The summed E-state index contributed by atoms with van der Waals surface area (Å²) in [6.45, 7) is 0.546. The average molecular weight is 164 g/mol. The molecule has 1 aliphatic rings. The fraction of sp³-hybridized carbons (Fsp3) is 0.600. The van der Waals surface area contributed by atoms with Crippen molar-refractivity contribution >= 4 is 23.5 Å². The molecule has 4 heteroatoms. The summed E-state index contributed by atoms with van der Waals surface area (Å²) < 4.78 is 5.34. The maximum Gasteiger partial charge on any atom is 0.157 e. The van der Waals surface area contributed by atoms with Crippen molar-refractivity contribution in [1.29, 1.82) is 0 Å². The topological polar surface area (TPSA) is 29.5 Å². The van der Waals surface area contributed by atoms with Gasteiger partial charge in [-0.25, -0.2) is 0 Å². The summed E-state index contributed by atoms with van der Waals surface area (Å²) in [5.74, 6) is 0. The van der Waals surface area contributed by atoms with Crippen LogP contribution in [-0.4, -0.2) is 23.1 Å². The minimum absolute atomic E-state index is 0.109. The van der Waals surface area contributed by atoms with Gasteiger partial charge < -0.3 is 9.84 Å². The number of ether oxygens (including phenoxy) is 1. The Morgan fingerprint density at radius 3 is 2.67 bits per heavy atom. The van der Waals surface area contributed by atoms with Crippen molar-refractivity contribution in [3.8, 4) is 0 Å². The molecule has 0 unspecified atom stereocenters. The first-order valence-corrected chi connectivity index (χ1v) is 4.50. The standard InChI is InChI=1S/C5H8O2S2/c6-1-2-7-5-8-3-4-9-5/h3-6H,1-2H2. The first-order valence-electron chi connectivity index (χ1n) is 2.62. The van der Waals surface area contributed by atoms with Gasteiger partial charge in [0.2, 0.25) is 0 Å². The third-order valence-corrected chi connectivity index (χ3v) is 2.92. The number of aliphatic hydroxyl groups excluding tert-OH is 1. The molecule has 0 fully saturated rings. The molecule has 0 aromatic rings. The van der Waals surface area contributed by atoms with Crippen LogP contribution in [-0.2, 0) is 4.74 Å². The van der Waals surface area contributed by atoms with Crippen LogP contribution >= 0.6 is 23.5 Å². The van der Waals surface area contributed by atoms with Gasteiger partial charge in [0.25, 0.3) is 0 Å². The minimum atomic E-state index is 0.109. The van der Waals surface area contributed by atoms with E-state index in [1.54, 1.807) is 23.5 Å². The Balaban J connectivity index is 2.01. The number of hydrogen-bond donors (Lipinski definition) is 1. The Hall–Kier alpha value is 0.360. The third kappa shape index (κ3) is 2.62. The highest BCUT2D eigenvalue weighted by Gasteiger charge is 2.10. The summed E-state index contributed by atoms with van der Waals surface area (Å²) >= 11 is 3.26. The van der Waals surface area contributed by atoms with Gasteiger partial charge in [-0.1, -0.05) is 23.5 Å². The van der Waals surface area contributed by atoms with Crippen LogP contribution in [0.5, 0.6) is 0 Å². The van der Waals surface area contributed by atoms with E-state index in [1.807, 2.05) is 10.8 Å². The Bertz CT molecular complexity index is 97.1. The van der Waals surface area contributed by atoms with E-state index in [0.29, 0.717) is 6.61 Å². The second-order valence-corrected chi connectivity index (χ2v) is 3.67. The van der Waals surface area contributed by atoms with E-state index >= 15 is 0 Å². The smallest absolute Gasteiger partial charge is 0.157 e. The molecule has 1 N–H and O–H groups in total. The molecule has 0 aliphatic carbocycles. The lowest BCUT2D eigenvalue weighted by molar-refractivity contribution is 0.113. The number of thioether (sulfide) groups is 2. The van der Waals surface area contributed by atoms with Gasteiger partial charge >= 0.3 is 0 Å². The van der Waals surface area contributed by atoms with Crippen molar-refractivity contribution in [2.45, 2.75) is 4.77 Å². The molecule has 0 bridgehead atoms. The van der Waals surface area contributed by atoms with E-state index < -0.39 is 0 Å². The van der Waals surface area contributed by atoms with Crippen molar-refractivity contribution in [1.82, 2.24) is 0 Å². The fourth-order valence-electron chi connectivity index (χ4n) is 0.452. The molecule has 1 heterocycles. The molecule has 0 radical (unpaired) electrons. The largest absolute Gasteiger partial charge is 0.394 e. The molecular formula is C5H8O2S2. The molecule has 0 saturated heterocycles. The quantitative estimate of drug-likeness (QED) is 0.679. The van der Waals surface area contributed by atoms with Crippen molar-refractivity contribution in [3.05, 3.63) is 10.8 Å². The van der Waals surface area contributed by atoms with Crippen LogP contribution in [0.2, 0.25) is 0 Å². The van der Waals surface area contributed by atoms with E-state index in [0.717, 1.165) is 0 Å². The molecule has 0 aromatic heterocycles. The molecule has 52 valence electrons. The second-order valence-electron chi connectivity index (χ2n) is 1.43. The van der Waals surface area contributed by atoms with Crippen molar-refractivity contribution in [2.24, 2.45) is 0 Å². The molecule has 1 aliphatic heterocycles. The van der Waals surface area contributed by atoms with Crippen LogP contribution in [0.15, 0.2) is 10.8 Å². The number of rotatable bonds is 3. The van der Waals surface area contributed by atoms with Crippen LogP contribution in [0.4, 0.5) is 0 Å². The van der Waals surface area contributed by atoms with Gasteiger partial charge in [-0.2, -0.15) is 0 Å². The minimum Gasteiger partial charge on any atom is -0.394 e. The van der Waals surface area contributed by atoms with Gasteiger partial charge in [-0.05, 0) is 10.8 Å². The Morgan fingerprint density at radius 2 is 2.11 bits per heavy atom. The molecule has 0 aromatic carbocycles. The van der Waals surface area contributed by atoms with E-state index in [4.69, 9.17) is 9.84 Å². The lowest BCUT2D eigenvalue weighted by Gasteiger charge is -2.06. The normalized spacial score (nSPS) is 19.2. The maximum absolute atomic E-state index is 8.36. The van der Waals surface area contributed by atoms with E-state index in [1.165, 1.54) is 0 Å². The lowest BCUT2D eigenvalue weighted by atomic mass is 10.8. The molecule has 0 spiro atoms. The van der Waals surface area contributed by atoms with Crippen LogP contribution < -0.4 is 0 Å². The Morgan fingerprint density at radius 1 is 1.44 bits per heavy atom. The number of aliphatic hydroxyl groups is 1.